The molecule has 132 valence electrons. The van der Waals surface area contributed by atoms with E-state index in [1.807, 2.05) is 38.1 Å². The van der Waals surface area contributed by atoms with Gasteiger partial charge in [0.25, 0.3) is 0 Å². The van der Waals surface area contributed by atoms with E-state index in [0.29, 0.717) is 23.7 Å². The predicted molar refractivity (Wildman–Crippen MR) is 101 cm³/mol. The molecular weight excluding hydrogens is 358 g/mol. The highest BCUT2D eigenvalue weighted by molar-refractivity contribution is 7.15. The van der Waals surface area contributed by atoms with Gasteiger partial charge in [-0.15, -0.1) is 11.3 Å². The zero-order valence-corrected chi connectivity index (χ0v) is 15.8. The molecule has 7 heteroatoms. The van der Waals surface area contributed by atoms with Crippen LogP contribution in [-0.2, 0) is 4.79 Å². The molecule has 0 saturated carbocycles. The molecule has 2 heterocycles. The van der Waals surface area contributed by atoms with Crippen LogP contribution in [-0.4, -0.2) is 39.6 Å². The maximum atomic E-state index is 11.2. The number of rotatable bonds is 4. The van der Waals surface area contributed by atoms with Gasteiger partial charge in [0.05, 0.1) is 5.69 Å². The van der Waals surface area contributed by atoms with Gasteiger partial charge in [0.2, 0.25) is 12.3 Å². The lowest BCUT2D eigenvalue weighted by atomic mass is 10.2. The van der Waals surface area contributed by atoms with E-state index in [2.05, 4.69) is 0 Å². The molecule has 0 radical (unpaired) electrons. The van der Waals surface area contributed by atoms with Gasteiger partial charge in [0, 0.05) is 34.1 Å². The van der Waals surface area contributed by atoms with Crippen molar-refractivity contribution in [3.8, 4) is 10.6 Å². The highest BCUT2D eigenvalue weighted by Crippen LogP contribution is 2.33. The number of aliphatic hydroxyl groups is 1. The molecule has 2 aromatic rings. The Labute approximate surface area is 156 Å². The number of aryl methyl sites for hydroxylation is 1. The molecule has 1 amide bonds. The smallest absolute Gasteiger partial charge is 0.228 e. The topological polar surface area (TPSA) is 56.7 Å². The van der Waals surface area contributed by atoms with Gasteiger partial charge in [-0.1, -0.05) is 23.7 Å². The lowest BCUT2D eigenvalue weighted by Gasteiger charge is -2.37. The zero-order valence-electron chi connectivity index (χ0n) is 14.2. The largest absolute Gasteiger partial charge is 0.493 e. The summed E-state index contributed by atoms with van der Waals surface area (Å²) in [6, 6.07) is 7.54. The van der Waals surface area contributed by atoms with Gasteiger partial charge < -0.3 is 5.11 Å². The Balaban J connectivity index is 1.94. The first-order valence-electron chi connectivity index (χ1n) is 8.14. The maximum absolute atomic E-state index is 11.2. The van der Waals surface area contributed by atoms with Gasteiger partial charge in [-0.2, -0.15) is 0 Å². The average Bonchev–Trinajstić information content (AvgIpc) is 3.02. The summed E-state index contributed by atoms with van der Waals surface area (Å²) in [4.78, 5) is 17.0. The first-order valence-corrected chi connectivity index (χ1v) is 9.33. The number of nitrogens with zero attached hydrogens (tertiary/aromatic N) is 3. The summed E-state index contributed by atoms with van der Waals surface area (Å²) in [5.74, 6) is 0.0860. The molecule has 25 heavy (non-hydrogen) atoms. The van der Waals surface area contributed by atoms with Crippen molar-refractivity contribution in [2.75, 3.05) is 13.1 Å². The quantitative estimate of drug-likeness (QED) is 0.630. The highest BCUT2D eigenvalue weighted by Gasteiger charge is 2.24. The van der Waals surface area contributed by atoms with Crippen LogP contribution in [0.4, 0.5) is 0 Å². The molecule has 5 nitrogen and oxygen atoms in total. The number of aliphatic hydroxyl groups excluding tert-OH is 1. The minimum absolute atomic E-state index is 0.0860. The van der Waals surface area contributed by atoms with Crippen LogP contribution >= 0.6 is 22.9 Å². The number of carbonyl (C=O) groups excluding carboxylic acids is 1. The lowest BCUT2D eigenvalue weighted by Crippen LogP contribution is -2.45. The minimum atomic E-state index is 0.0860. The molecule has 3 rings (SSSR count). The van der Waals surface area contributed by atoms with Crippen molar-refractivity contribution in [2.24, 2.45) is 0 Å². The van der Waals surface area contributed by atoms with Gasteiger partial charge in [0.15, 0.2) is 0 Å². The maximum Gasteiger partial charge on any atom is 0.228 e. The molecule has 1 N–H and O–H groups in total. The zero-order chi connectivity index (χ0) is 18.0. The highest BCUT2D eigenvalue weighted by atomic mass is 35.5. The second-order valence-electron chi connectivity index (χ2n) is 5.98. The summed E-state index contributed by atoms with van der Waals surface area (Å²) in [6.45, 7) is 5.06. The van der Waals surface area contributed by atoms with Crippen LogP contribution in [0.25, 0.3) is 16.1 Å². The SMILES string of the molecule is C/C(=C(/O)N1CCCCN1C=O)c1nc(-c2ccc(Cl)cc2)sc1C. The number of hydrazine groups is 1. The number of thiazole rings is 1. The van der Waals surface area contributed by atoms with Crippen LogP contribution in [0, 0.1) is 6.92 Å². The number of carbonyl (C=O) groups is 1. The van der Waals surface area contributed by atoms with Crippen molar-refractivity contribution in [1.29, 1.82) is 0 Å². The predicted octanol–water partition coefficient (Wildman–Crippen LogP) is 4.49. The van der Waals surface area contributed by atoms with Crippen molar-refractivity contribution >= 4 is 34.9 Å². The summed E-state index contributed by atoms with van der Waals surface area (Å²) >= 11 is 7.52. The molecule has 0 spiro atoms. The average molecular weight is 378 g/mol. The van der Waals surface area contributed by atoms with E-state index < -0.39 is 0 Å². The summed E-state index contributed by atoms with van der Waals surface area (Å²) in [6.07, 6.45) is 2.64. The Morgan fingerprint density at radius 1 is 1.28 bits per heavy atom. The molecule has 1 aromatic heterocycles. The number of amides is 1. The molecule has 1 aliphatic heterocycles. The standard InChI is InChI=1S/C18H20ClN3O2S/c1-12(18(24)22-10-4-3-9-21(22)11-23)16-13(2)25-17(20-16)14-5-7-15(19)8-6-14/h5-8,11,24H,3-4,9-10H2,1-2H3/b18-12-. The molecule has 1 saturated heterocycles. The Morgan fingerprint density at radius 3 is 2.64 bits per heavy atom. The molecule has 0 bridgehead atoms. The van der Waals surface area contributed by atoms with E-state index in [9.17, 15) is 9.90 Å². The van der Waals surface area contributed by atoms with E-state index in [1.54, 1.807) is 16.3 Å². The van der Waals surface area contributed by atoms with Gasteiger partial charge in [0.1, 0.15) is 5.01 Å². The first kappa shape index (κ1) is 17.8. The summed E-state index contributed by atoms with van der Waals surface area (Å²) in [5.41, 5.74) is 2.41. The molecule has 1 fully saturated rings. The lowest BCUT2D eigenvalue weighted by molar-refractivity contribution is -0.138. The molecule has 0 atom stereocenters. The van der Waals surface area contributed by atoms with E-state index >= 15 is 0 Å². The fourth-order valence-electron chi connectivity index (χ4n) is 2.88. The number of hydrogen-bond acceptors (Lipinski definition) is 5. The minimum Gasteiger partial charge on any atom is -0.493 e. The fourth-order valence-corrected chi connectivity index (χ4v) is 3.98. The van der Waals surface area contributed by atoms with E-state index in [0.717, 1.165) is 40.4 Å². The van der Waals surface area contributed by atoms with Crippen LogP contribution < -0.4 is 0 Å². The van der Waals surface area contributed by atoms with Gasteiger partial charge >= 0.3 is 0 Å². The van der Waals surface area contributed by atoms with Crippen LogP contribution in [0.3, 0.4) is 0 Å². The number of allylic oxidation sites excluding steroid dienone is 1. The second-order valence-corrected chi connectivity index (χ2v) is 7.62. The summed E-state index contributed by atoms with van der Waals surface area (Å²) in [7, 11) is 0. The Morgan fingerprint density at radius 2 is 1.96 bits per heavy atom. The second kappa shape index (κ2) is 7.45. The van der Waals surface area contributed by atoms with Crippen molar-refractivity contribution in [1.82, 2.24) is 15.0 Å². The van der Waals surface area contributed by atoms with Crippen molar-refractivity contribution in [3.63, 3.8) is 0 Å². The molecule has 0 aliphatic carbocycles. The molecule has 0 unspecified atom stereocenters. The number of benzene rings is 1. The molecular formula is C18H20ClN3O2S. The van der Waals surface area contributed by atoms with E-state index in [4.69, 9.17) is 16.6 Å². The normalized spacial score (nSPS) is 16.0. The van der Waals surface area contributed by atoms with Crippen molar-refractivity contribution in [2.45, 2.75) is 26.7 Å². The third-order valence-corrected chi connectivity index (χ3v) is 5.53. The third-order valence-electron chi connectivity index (χ3n) is 4.26. The van der Waals surface area contributed by atoms with E-state index in [1.165, 1.54) is 5.01 Å². The first-order chi connectivity index (χ1) is 12.0. The van der Waals surface area contributed by atoms with Crippen LogP contribution in [0.15, 0.2) is 30.1 Å². The Bertz CT molecular complexity index is 801. The van der Waals surface area contributed by atoms with Crippen molar-refractivity contribution < 1.29 is 9.90 Å². The number of hydrogen-bond donors (Lipinski definition) is 1. The Hall–Kier alpha value is -2.05. The van der Waals surface area contributed by atoms with Crippen LogP contribution in [0.1, 0.15) is 30.3 Å². The third kappa shape index (κ3) is 3.65. The van der Waals surface area contributed by atoms with Gasteiger partial charge in [-0.05, 0) is 38.8 Å². The van der Waals surface area contributed by atoms with Gasteiger partial charge in [-0.3, -0.25) is 14.8 Å². The van der Waals surface area contributed by atoms with Crippen molar-refractivity contribution in [3.05, 3.63) is 45.7 Å². The number of halogens is 1. The molecule has 1 aromatic carbocycles. The number of aromatic nitrogens is 1. The fraction of sp³-hybridized carbons (Fsp3) is 0.333. The van der Waals surface area contributed by atoms with Crippen LogP contribution in [0.5, 0.6) is 0 Å². The Kier molecular flexibility index (Phi) is 5.30. The van der Waals surface area contributed by atoms with Crippen LogP contribution in [0.2, 0.25) is 5.02 Å². The van der Waals surface area contributed by atoms with E-state index in [-0.39, 0.29) is 5.88 Å². The molecule has 1 aliphatic rings. The summed E-state index contributed by atoms with van der Waals surface area (Å²) in [5, 5.41) is 15.4. The monoisotopic (exact) mass is 377 g/mol. The van der Waals surface area contributed by atoms with Gasteiger partial charge in [-0.25, -0.2) is 4.98 Å². The summed E-state index contributed by atoms with van der Waals surface area (Å²) < 4.78 is 0.